The maximum absolute atomic E-state index is 12.0. The average molecular weight is 267 g/mol. The molecule has 1 saturated carbocycles. The highest BCUT2D eigenvalue weighted by Gasteiger charge is 2.42. The minimum Gasteiger partial charge on any atom is -0.376 e. The molecule has 0 bridgehead atoms. The van der Waals surface area contributed by atoms with E-state index in [0.29, 0.717) is 25.6 Å². The van der Waals surface area contributed by atoms with Gasteiger partial charge in [0.1, 0.15) is 0 Å². The van der Waals surface area contributed by atoms with Crippen molar-refractivity contribution >= 4 is 11.8 Å². The Morgan fingerprint density at radius 3 is 2.58 bits per heavy atom. The summed E-state index contributed by atoms with van der Waals surface area (Å²) in [7, 11) is 0. The zero-order valence-corrected chi connectivity index (χ0v) is 11.1. The standard InChI is InChI=1S/C13H21N3O3/c17-12(13(18)16-6-4-14-5-7-16)15-10-3-8-19-11(10)9-1-2-9/h9-11,14H,1-8H2,(H,15,17). The topological polar surface area (TPSA) is 70.7 Å². The summed E-state index contributed by atoms with van der Waals surface area (Å²) in [6, 6.07) is 0.0202. The Kier molecular flexibility index (Phi) is 3.70. The normalized spacial score (nSPS) is 31.3. The molecule has 0 spiro atoms. The summed E-state index contributed by atoms with van der Waals surface area (Å²) in [6.45, 7) is 3.43. The van der Waals surface area contributed by atoms with Gasteiger partial charge >= 0.3 is 11.8 Å². The molecule has 6 nitrogen and oxygen atoms in total. The second-order valence-electron chi connectivity index (χ2n) is 5.58. The van der Waals surface area contributed by atoms with Crippen LogP contribution in [0.3, 0.4) is 0 Å². The van der Waals surface area contributed by atoms with E-state index in [1.165, 1.54) is 12.8 Å². The van der Waals surface area contributed by atoms with Gasteiger partial charge in [0.05, 0.1) is 12.1 Å². The Hall–Kier alpha value is -1.14. The smallest absolute Gasteiger partial charge is 0.311 e. The fourth-order valence-electron chi connectivity index (χ4n) is 2.90. The van der Waals surface area contributed by atoms with E-state index in [1.807, 2.05) is 0 Å². The van der Waals surface area contributed by atoms with E-state index in [9.17, 15) is 9.59 Å². The number of ether oxygens (including phenoxy) is 1. The first kappa shape index (κ1) is 12.9. The van der Waals surface area contributed by atoms with Crippen LogP contribution in [0.25, 0.3) is 0 Å². The molecule has 2 atom stereocenters. The van der Waals surface area contributed by atoms with Crippen LogP contribution in [0.1, 0.15) is 19.3 Å². The average Bonchev–Trinajstić information content (AvgIpc) is 3.19. The van der Waals surface area contributed by atoms with Crippen LogP contribution in [0.5, 0.6) is 0 Å². The molecule has 2 unspecified atom stereocenters. The Morgan fingerprint density at radius 2 is 1.89 bits per heavy atom. The number of amides is 2. The third-order valence-corrected chi connectivity index (χ3v) is 4.14. The highest BCUT2D eigenvalue weighted by molar-refractivity contribution is 6.35. The van der Waals surface area contributed by atoms with Crippen molar-refractivity contribution in [2.75, 3.05) is 32.8 Å². The van der Waals surface area contributed by atoms with Gasteiger partial charge in [0, 0.05) is 32.8 Å². The summed E-state index contributed by atoms with van der Waals surface area (Å²) in [4.78, 5) is 25.7. The highest BCUT2D eigenvalue weighted by atomic mass is 16.5. The summed E-state index contributed by atoms with van der Waals surface area (Å²) >= 11 is 0. The van der Waals surface area contributed by atoms with Gasteiger partial charge in [-0.15, -0.1) is 0 Å². The van der Waals surface area contributed by atoms with Crippen molar-refractivity contribution in [3.63, 3.8) is 0 Å². The van der Waals surface area contributed by atoms with Crippen LogP contribution in [0, 0.1) is 5.92 Å². The molecule has 3 fully saturated rings. The maximum atomic E-state index is 12.0. The van der Waals surface area contributed by atoms with Crippen LogP contribution in [-0.2, 0) is 14.3 Å². The van der Waals surface area contributed by atoms with E-state index in [-0.39, 0.29) is 12.1 Å². The monoisotopic (exact) mass is 267 g/mol. The molecule has 19 heavy (non-hydrogen) atoms. The molecular formula is C13H21N3O3. The second kappa shape index (κ2) is 5.46. The van der Waals surface area contributed by atoms with Gasteiger partial charge in [-0.1, -0.05) is 0 Å². The summed E-state index contributed by atoms with van der Waals surface area (Å²) in [6.07, 6.45) is 3.31. The van der Waals surface area contributed by atoms with Crippen LogP contribution < -0.4 is 10.6 Å². The summed E-state index contributed by atoms with van der Waals surface area (Å²) < 4.78 is 5.67. The molecule has 2 N–H and O–H groups in total. The molecule has 2 heterocycles. The number of carbonyl (C=O) groups is 2. The molecule has 2 aliphatic heterocycles. The number of nitrogens with one attached hydrogen (secondary N) is 2. The van der Waals surface area contributed by atoms with Crippen LogP contribution in [-0.4, -0.2) is 61.6 Å². The van der Waals surface area contributed by atoms with Crippen LogP contribution in [0.15, 0.2) is 0 Å². The minimum absolute atomic E-state index is 0.0202. The molecule has 3 aliphatic rings. The lowest BCUT2D eigenvalue weighted by molar-refractivity contribution is -0.146. The summed E-state index contributed by atoms with van der Waals surface area (Å²) in [5.41, 5.74) is 0. The van der Waals surface area contributed by atoms with Gasteiger partial charge in [-0.25, -0.2) is 0 Å². The van der Waals surface area contributed by atoms with Crippen molar-refractivity contribution in [1.29, 1.82) is 0 Å². The van der Waals surface area contributed by atoms with Gasteiger partial charge in [0.2, 0.25) is 0 Å². The minimum atomic E-state index is -0.469. The Labute approximate surface area is 112 Å². The third-order valence-electron chi connectivity index (χ3n) is 4.14. The number of nitrogens with zero attached hydrogens (tertiary/aromatic N) is 1. The third kappa shape index (κ3) is 2.90. The molecule has 0 aromatic rings. The molecule has 0 aromatic carbocycles. The maximum Gasteiger partial charge on any atom is 0.311 e. The van der Waals surface area contributed by atoms with E-state index in [4.69, 9.17) is 4.74 Å². The van der Waals surface area contributed by atoms with Crippen LogP contribution >= 0.6 is 0 Å². The van der Waals surface area contributed by atoms with Gasteiger partial charge in [0.15, 0.2) is 0 Å². The first-order chi connectivity index (χ1) is 9.25. The largest absolute Gasteiger partial charge is 0.376 e. The number of piperazine rings is 1. The van der Waals surface area contributed by atoms with E-state index in [0.717, 1.165) is 19.5 Å². The van der Waals surface area contributed by atoms with Gasteiger partial charge in [-0.3, -0.25) is 9.59 Å². The molecule has 106 valence electrons. The van der Waals surface area contributed by atoms with E-state index in [1.54, 1.807) is 4.90 Å². The van der Waals surface area contributed by atoms with Gasteiger partial charge in [0.25, 0.3) is 0 Å². The van der Waals surface area contributed by atoms with E-state index in [2.05, 4.69) is 10.6 Å². The predicted molar refractivity (Wildman–Crippen MR) is 68.5 cm³/mol. The SMILES string of the molecule is O=C(NC1CCOC1C1CC1)C(=O)N1CCNCC1. The number of rotatable bonds is 2. The number of carbonyl (C=O) groups excluding carboxylic acids is 2. The first-order valence-corrected chi connectivity index (χ1v) is 7.18. The lowest BCUT2D eigenvalue weighted by atomic mass is 10.1. The Morgan fingerprint density at radius 1 is 1.16 bits per heavy atom. The predicted octanol–water partition coefficient (Wildman–Crippen LogP) is -0.898. The van der Waals surface area contributed by atoms with Crippen LogP contribution in [0.2, 0.25) is 0 Å². The van der Waals surface area contributed by atoms with Gasteiger partial charge < -0.3 is 20.3 Å². The fourth-order valence-corrected chi connectivity index (χ4v) is 2.90. The van der Waals surface area contributed by atoms with Crippen molar-refractivity contribution in [3.05, 3.63) is 0 Å². The molecule has 1 aliphatic carbocycles. The van der Waals surface area contributed by atoms with Crippen molar-refractivity contribution in [1.82, 2.24) is 15.5 Å². The Bertz CT molecular complexity index is 364. The van der Waals surface area contributed by atoms with Crippen molar-refractivity contribution in [3.8, 4) is 0 Å². The summed E-state index contributed by atoms with van der Waals surface area (Å²) in [5.74, 6) is -0.284. The lowest BCUT2D eigenvalue weighted by Gasteiger charge is -2.27. The molecular weight excluding hydrogens is 246 g/mol. The van der Waals surface area contributed by atoms with Gasteiger partial charge in [-0.05, 0) is 25.2 Å². The fraction of sp³-hybridized carbons (Fsp3) is 0.846. The first-order valence-electron chi connectivity index (χ1n) is 7.18. The molecule has 2 saturated heterocycles. The molecule has 0 radical (unpaired) electrons. The van der Waals surface area contributed by atoms with Crippen molar-refractivity contribution < 1.29 is 14.3 Å². The molecule has 2 amide bonds. The van der Waals surface area contributed by atoms with Crippen molar-refractivity contribution in [2.45, 2.75) is 31.4 Å². The molecule has 0 aromatic heterocycles. The van der Waals surface area contributed by atoms with E-state index < -0.39 is 11.8 Å². The van der Waals surface area contributed by atoms with E-state index >= 15 is 0 Å². The van der Waals surface area contributed by atoms with Gasteiger partial charge in [-0.2, -0.15) is 0 Å². The lowest BCUT2D eigenvalue weighted by Crippen LogP contribution is -2.53. The van der Waals surface area contributed by atoms with Crippen molar-refractivity contribution in [2.24, 2.45) is 5.92 Å². The highest BCUT2D eigenvalue weighted by Crippen LogP contribution is 2.38. The summed E-state index contributed by atoms with van der Waals surface area (Å²) in [5, 5.41) is 6.04. The molecule has 3 rings (SSSR count). The zero-order valence-electron chi connectivity index (χ0n) is 11.1. The quantitative estimate of drug-likeness (QED) is 0.636. The second-order valence-corrected chi connectivity index (χ2v) is 5.58. The molecule has 6 heteroatoms. The Balaban J connectivity index is 1.53. The number of hydrogen-bond donors (Lipinski definition) is 2. The zero-order chi connectivity index (χ0) is 13.2. The number of hydrogen-bond acceptors (Lipinski definition) is 4. The van der Waals surface area contributed by atoms with Crippen LogP contribution in [0.4, 0.5) is 0 Å².